The van der Waals surface area contributed by atoms with Gasteiger partial charge >= 0.3 is 5.97 Å². The fourth-order valence-electron chi connectivity index (χ4n) is 3.00. The van der Waals surface area contributed by atoms with E-state index in [4.69, 9.17) is 4.42 Å². The lowest BCUT2D eigenvalue weighted by molar-refractivity contribution is 0.0561. The molecule has 24 heavy (non-hydrogen) atoms. The molecule has 2 aromatic rings. The number of hydrogen-bond donors (Lipinski definition) is 0. The van der Waals surface area contributed by atoms with Crippen molar-refractivity contribution in [1.29, 1.82) is 0 Å². The van der Waals surface area contributed by atoms with Crippen molar-refractivity contribution in [3.63, 3.8) is 0 Å². The Hall–Kier alpha value is -1.63. The maximum atomic E-state index is 11.5. The highest BCUT2D eigenvalue weighted by Gasteiger charge is 2.18. The summed E-state index contributed by atoms with van der Waals surface area (Å²) in [7, 11) is 1.36. The number of nitrogens with zero attached hydrogens (tertiary/aromatic N) is 2. The maximum Gasteiger partial charge on any atom is 0.373 e. The summed E-state index contributed by atoms with van der Waals surface area (Å²) in [6, 6.07) is 5.74. The van der Waals surface area contributed by atoms with E-state index in [-0.39, 0.29) is 5.76 Å². The van der Waals surface area contributed by atoms with Crippen molar-refractivity contribution in [3.05, 3.63) is 45.5 Å². The van der Waals surface area contributed by atoms with Crippen molar-refractivity contribution >= 4 is 17.3 Å². The number of methoxy groups -OCH3 is 1. The van der Waals surface area contributed by atoms with E-state index in [0.717, 1.165) is 51.4 Å². The first-order valence-corrected chi connectivity index (χ1v) is 9.18. The van der Waals surface area contributed by atoms with Gasteiger partial charge in [0.15, 0.2) is 0 Å². The molecule has 0 saturated carbocycles. The van der Waals surface area contributed by atoms with Gasteiger partial charge in [0.05, 0.1) is 13.7 Å². The zero-order chi connectivity index (χ0) is 16.9. The molecule has 0 N–H and O–H groups in total. The second-order valence-electron chi connectivity index (χ2n) is 6.19. The number of ether oxygens (including phenoxy) is 1. The molecule has 1 aliphatic heterocycles. The van der Waals surface area contributed by atoms with E-state index in [1.54, 1.807) is 6.07 Å². The van der Waals surface area contributed by atoms with Crippen molar-refractivity contribution in [3.8, 4) is 0 Å². The molecule has 2 aromatic heterocycles. The van der Waals surface area contributed by atoms with Crippen molar-refractivity contribution in [2.24, 2.45) is 0 Å². The van der Waals surface area contributed by atoms with Crippen LogP contribution in [0.2, 0.25) is 0 Å². The second-order valence-corrected chi connectivity index (χ2v) is 7.19. The van der Waals surface area contributed by atoms with E-state index in [1.807, 2.05) is 17.4 Å². The molecule has 0 atom stereocenters. The van der Waals surface area contributed by atoms with Gasteiger partial charge < -0.3 is 9.15 Å². The summed E-state index contributed by atoms with van der Waals surface area (Å²) in [5, 5.41) is 2.17. The Labute approximate surface area is 146 Å². The fraction of sp³-hybridized carbons (Fsp3) is 0.500. The van der Waals surface area contributed by atoms with Gasteiger partial charge in [0.25, 0.3) is 0 Å². The highest BCUT2D eigenvalue weighted by atomic mass is 32.1. The molecule has 1 saturated heterocycles. The van der Waals surface area contributed by atoms with Gasteiger partial charge in [-0.15, -0.1) is 11.3 Å². The van der Waals surface area contributed by atoms with Gasteiger partial charge in [-0.1, -0.05) is 0 Å². The van der Waals surface area contributed by atoms with Crippen LogP contribution < -0.4 is 0 Å². The quantitative estimate of drug-likeness (QED) is 0.777. The van der Waals surface area contributed by atoms with Crippen molar-refractivity contribution in [2.75, 3.05) is 33.3 Å². The lowest BCUT2D eigenvalue weighted by Crippen LogP contribution is -2.30. The van der Waals surface area contributed by atoms with E-state index >= 15 is 0 Å². The number of rotatable bonds is 5. The first kappa shape index (κ1) is 17.2. The smallest absolute Gasteiger partial charge is 0.373 e. The zero-order valence-electron chi connectivity index (χ0n) is 14.3. The average Bonchev–Trinajstić information content (AvgIpc) is 3.14. The summed E-state index contributed by atoms with van der Waals surface area (Å²) in [5.74, 6) is 0.671. The SMILES string of the molecule is COC(=O)c1ccc(CN2CCCN(Cc3sccc3C)CC2)o1. The molecular weight excluding hydrogens is 324 g/mol. The molecular formula is C18H24N2O3S. The molecule has 1 fully saturated rings. The molecule has 6 heteroatoms. The molecule has 0 bridgehead atoms. The van der Waals surface area contributed by atoms with Gasteiger partial charge in [0, 0.05) is 24.5 Å². The van der Waals surface area contributed by atoms with Crippen LogP contribution in [0, 0.1) is 6.92 Å². The van der Waals surface area contributed by atoms with Crippen LogP contribution in [0.25, 0.3) is 0 Å². The van der Waals surface area contributed by atoms with Crippen LogP contribution >= 0.6 is 11.3 Å². The Morgan fingerprint density at radius 2 is 1.92 bits per heavy atom. The van der Waals surface area contributed by atoms with E-state index in [9.17, 15) is 4.79 Å². The Morgan fingerprint density at radius 1 is 1.17 bits per heavy atom. The number of aryl methyl sites for hydroxylation is 1. The number of thiophene rings is 1. The molecule has 5 nitrogen and oxygen atoms in total. The highest BCUT2D eigenvalue weighted by molar-refractivity contribution is 7.10. The minimum atomic E-state index is -0.422. The zero-order valence-corrected chi connectivity index (χ0v) is 15.1. The van der Waals surface area contributed by atoms with Gasteiger partial charge in [0.2, 0.25) is 5.76 Å². The molecule has 3 heterocycles. The molecule has 3 rings (SSSR count). The fourth-order valence-corrected chi connectivity index (χ4v) is 3.95. The predicted molar refractivity (Wildman–Crippen MR) is 94.3 cm³/mol. The third-order valence-electron chi connectivity index (χ3n) is 4.44. The molecule has 0 spiro atoms. The van der Waals surface area contributed by atoms with E-state index < -0.39 is 5.97 Å². The summed E-state index contributed by atoms with van der Waals surface area (Å²) in [4.78, 5) is 17.8. The van der Waals surface area contributed by atoms with Crippen LogP contribution in [0.3, 0.4) is 0 Å². The van der Waals surface area contributed by atoms with Gasteiger partial charge in [0.1, 0.15) is 5.76 Å². The van der Waals surface area contributed by atoms with Crippen LogP contribution in [0.5, 0.6) is 0 Å². The number of esters is 1. The maximum absolute atomic E-state index is 11.5. The average molecular weight is 348 g/mol. The largest absolute Gasteiger partial charge is 0.463 e. The van der Waals surface area contributed by atoms with Crippen molar-refractivity contribution in [2.45, 2.75) is 26.4 Å². The topological polar surface area (TPSA) is 45.9 Å². The number of carbonyl (C=O) groups excluding carboxylic acids is 1. The molecule has 0 unspecified atom stereocenters. The molecule has 0 radical (unpaired) electrons. The van der Waals surface area contributed by atoms with Crippen LogP contribution in [0.1, 0.15) is 33.2 Å². The van der Waals surface area contributed by atoms with E-state index in [2.05, 4.69) is 32.9 Å². The Kier molecular flexibility index (Phi) is 5.71. The Morgan fingerprint density at radius 3 is 2.58 bits per heavy atom. The first-order valence-electron chi connectivity index (χ1n) is 8.30. The first-order chi connectivity index (χ1) is 11.7. The minimum absolute atomic E-state index is 0.275. The van der Waals surface area contributed by atoms with Gasteiger partial charge in [-0.25, -0.2) is 4.79 Å². The van der Waals surface area contributed by atoms with E-state index in [0.29, 0.717) is 0 Å². The molecule has 0 aliphatic carbocycles. The number of carbonyl (C=O) groups is 1. The number of furan rings is 1. The minimum Gasteiger partial charge on any atom is -0.463 e. The summed E-state index contributed by atoms with van der Waals surface area (Å²) in [6.07, 6.45) is 1.15. The Bertz CT molecular complexity index is 679. The molecule has 130 valence electrons. The van der Waals surface area contributed by atoms with Gasteiger partial charge in [-0.3, -0.25) is 9.80 Å². The normalized spacial score (nSPS) is 16.9. The number of hydrogen-bond acceptors (Lipinski definition) is 6. The van der Waals surface area contributed by atoms with Crippen LogP contribution in [-0.4, -0.2) is 49.1 Å². The molecule has 0 amide bonds. The van der Waals surface area contributed by atoms with Crippen molar-refractivity contribution < 1.29 is 13.9 Å². The monoisotopic (exact) mass is 348 g/mol. The predicted octanol–water partition coefficient (Wildman–Crippen LogP) is 3.14. The van der Waals surface area contributed by atoms with E-state index in [1.165, 1.54) is 17.6 Å². The third kappa shape index (κ3) is 4.26. The summed E-state index contributed by atoms with van der Waals surface area (Å²) in [6.45, 7) is 8.22. The highest BCUT2D eigenvalue weighted by Crippen LogP contribution is 2.19. The summed E-state index contributed by atoms with van der Waals surface area (Å²) < 4.78 is 10.3. The second kappa shape index (κ2) is 7.96. The van der Waals surface area contributed by atoms with Crippen LogP contribution in [0.4, 0.5) is 0 Å². The summed E-state index contributed by atoms with van der Waals surface area (Å²) in [5.41, 5.74) is 1.40. The lowest BCUT2D eigenvalue weighted by Gasteiger charge is -2.21. The van der Waals surface area contributed by atoms with Gasteiger partial charge in [-0.05, 0) is 55.6 Å². The van der Waals surface area contributed by atoms with Crippen molar-refractivity contribution in [1.82, 2.24) is 9.80 Å². The van der Waals surface area contributed by atoms with Gasteiger partial charge in [-0.2, -0.15) is 0 Å². The molecule has 0 aromatic carbocycles. The van der Waals surface area contributed by atoms with Crippen LogP contribution in [0.15, 0.2) is 28.0 Å². The standard InChI is InChI=1S/C18H24N2O3S/c1-14-6-11-24-17(14)13-20-8-3-7-19(9-10-20)12-15-4-5-16(23-15)18(21)22-2/h4-6,11H,3,7-10,12-13H2,1-2H3. The lowest BCUT2D eigenvalue weighted by atomic mass is 10.2. The third-order valence-corrected chi connectivity index (χ3v) is 5.45. The summed E-state index contributed by atoms with van der Waals surface area (Å²) >= 11 is 1.85. The van der Waals surface area contributed by atoms with Crippen LogP contribution in [-0.2, 0) is 17.8 Å². The molecule has 1 aliphatic rings. The Balaban J connectivity index is 1.53.